The largest absolute Gasteiger partial charge is 0.480 e. The molecule has 0 aromatic rings. The topological polar surface area (TPSA) is 87.6 Å². The summed E-state index contributed by atoms with van der Waals surface area (Å²) < 4.78 is 0. The molecule has 2 aliphatic heterocycles. The lowest BCUT2D eigenvalue weighted by Gasteiger charge is -2.38. The van der Waals surface area contributed by atoms with Crippen LogP contribution in [0.15, 0.2) is 0 Å². The van der Waals surface area contributed by atoms with Gasteiger partial charge in [-0.15, -0.1) is 0 Å². The average molecular weight is 385 g/mol. The van der Waals surface area contributed by atoms with Gasteiger partial charge in [0.15, 0.2) is 0 Å². The van der Waals surface area contributed by atoms with Gasteiger partial charge in [0.25, 0.3) is 0 Å². The molecule has 2 aliphatic rings. The summed E-state index contributed by atoms with van der Waals surface area (Å²) in [5.74, 6) is -1.06. The lowest BCUT2D eigenvalue weighted by molar-refractivity contribution is -0.139. The molecule has 2 bridgehead atoms. The molecule has 2 rings (SSSR count). The molecular weight excluding hydrogens is 348 g/mol. The van der Waals surface area contributed by atoms with Gasteiger partial charge in [-0.05, 0) is 25.3 Å². The predicted octanol–water partition coefficient (Wildman–Crippen LogP) is 0.197. The third-order valence-corrected chi connectivity index (χ3v) is 5.59. The number of hydrogen-bond donors (Lipinski definition) is 2. The van der Waals surface area contributed by atoms with Crippen molar-refractivity contribution in [2.45, 2.75) is 26.2 Å². The van der Waals surface area contributed by atoms with Crippen molar-refractivity contribution in [2.24, 2.45) is 5.92 Å². The summed E-state index contributed by atoms with van der Waals surface area (Å²) in [5.41, 5.74) is 0. The van der Waals surface area contributed by atoms with Crippen molar-refractivity contribution >= 4 is 11.9 Å². The van der Waals surface area contributed by atoms with E-state index < -0.39 is 11.9 Å². The Labute approximate surface area is 162 Å². The Balaban J connectivity index is 2.09. The van der Waals surface area contributed by atoms with Gasteiger partial charge in [0.05, 0.1) is 13.1 Å². The van der Waals surface area contributed by atoms with Crippen LogP contribution in [0.1, 0.15) is 26.2 Å². The molecule has 2 heterocycles. The van der Waals surface area contributed by atoms with Gasteiger partial charge in [-0.3, -0.25) is 19.4 Å². The van der Waals surface area contributed by atoms with E-state index in [-0.39, 0.29) is 13.1 Å². The molecule has 0 spiro atoms. The van der Waals surface area contributed by atoms with E-state index in [9.17, 15) is 14.7 Å². The first-order valence-corrected chi connectivity index (χ1v) is 10.3. The summed E-state index contributed by atoms with van der Waals surface area (Å²) in [4.78, 5) is 31.4. The maximum Gasteiger partial charge on any atom is 0.317 e. The van der Waals surface area contributed by atoms with Crippen molar-refractivity contribution in [3.8, 4) is 0 Å². The van der Waals surface area contributed by atoms with Crippen LogP contribution in [0.5, 0.6) is 0 Å². The minimum atomic E-state index is -0.759. The quantitative estimate of drug-likeness (QED) is 0.671. The van der Waals surface area contributed by atoms with Crippen molar-refractivity contribution < 1.29 is 19.8 Å². The molecule has 0 saturated carbocycles. The van der Waals surface area contributed by atoms with E-state index in [1.807, 2.05) is 0 Å². The number of carboxylic acid groups (broad SMARTS) is 2. The third kappa shape index (κ3) is 8.55. The Morgan fingerprint density at radius 2 is 1.37 bits per heavy atom. The lowest BCUT2D eigenvalue weighted by atomic mass is 10.0. The van der Waals surface area contributed by atoms with Crippen molar-refractivity contribution in [3.05, 3.63) is 0 Å². The fraction of sp³-hybridized carbons (Fsp3) is 0.895. The van der Waals surface area contributed by atoms with Crippen LogP contribution in [-0.4, -0.2) is 120 Å². The van der Waals surface area contributed by atoms with Crippen molar-refractivity contribution in [1.82, 2.24) is 19.6 Å². The molecular formula is C19H36N4O4. The molecule has 8 nitrogen and oxygen atoms in total. The summed E-state index contributed by atoms with van der Waals surface area (Å²) in [6.45, 7) is 11.2. The van der Waals surface area contributed by atoms with Crippen LogP contribution in [0.3, 0.4) is 0 Å². The predicted molar refractivity (Wildman–Crippen MR) is 104 cm³/mol. The van der Waals surface area contributed by atoms with Gasteiger partial charge in [0, 0.05) is 58.9 Å². The zero-order valence-electron chi connectivity index (χ0n) is 16.7. The number of carboxylic acids is 2. The maximum atomic E-state index is 11.3. The summed E-state index contributed by atoms with van der Waals surface area (Å²) in [5, 5.41) is 18.4. The Morgan fingerprint density at radius 1 is 0.778 bits per heavy atom. The van der Waals surface area contributed by atoms with Gasteiger partial charge in [-0.2, -0.15) is 0 Å². The summed E-state index contributed by atoms with van der Waals surface area (Å²) in [6, 6.07) is 0. The Kier molecular flexibility index (Phi) is 9.47. The highest BCUT2D eigenvalue weighted by molar-refractivity contribution is 5.69. The summed E-state index contributed by atoms with van der Waals surface area (Å²) in [7, 11) is 0. The average Bonchev–Trinajstić information content (AvgIpc) is 2.59. The highest BCUT2D eigenvalue weighted by Gasteiger charge is 2.23. The number of aliphatic carboxylic acids is 2. The number of fused-ring (bicyclic) bond motifs is 3. The zero-order chi connectivity index (χ0) is 19.6. The third-order valence-electron chi connectivity index (χ3n) is 5.59. The zero-order valence-corrected chi connectivity index (χ0v) is 16.7. The SMILES string of the molecule is CCCC1CN2CCN(CCCN(CC(=O)O)CC2)CCN(CC(=O)O)C1. The molecule has 3 atom stereocenters. The molecule has 0 aromatic carbocycles. The minimum Gasteiger partial charge on any atom is -0.480 e. The number of carbonyl (C=O) groups is 2. The second-order valence-corrected chi connectivity index (χ2v) is 7.95. The molecule has 27 heavy (non-hydrogen) atoms. The second-order valence-electron chi connectivity index (χ2n) is 7.95. The van der Waals surface area contributed by atoms with Gasteiger partial charge in [-0.1, -0.05) is 13.3 Å². The standard InChI is InChI=1S/C19H36N4O4/c1-2-4-17-13-22-9-7-20(8-12-23(14-17)16-19(26)27)5-3-6-21(10-11-22)15-18(24)25/h17H,2-16H2,1H3,(H,24,25)(H,26,27). The fourth-order valence-corrected chi connectivity index (χ4v) is 4.26. The molecule has 0 radical (unpaired) electrons. The molecule has 3 unspecified atom stereocenters. The van der Waals surface area contributed by atoms with Gasteiger partial charge in [0.2, 0.25) is 0 Å². The van der Waals surface area contributed by atoms with Crippen LogP contribution < -0.4 is 0 Å². The Hall–Kier alpha value is -1.22. The molecule has 0 aromatic heterocycles. The van der Waals surface area contributed by atoms with E-state index in [2.05, 4.69) is 26.5 Å². The summed E-state index contributed by atoms with van der Waals surface area (Å²) >= 11 is 0. The van der Waals surface area contributed by atoms with E-state index in [1.165, 1.54) is 0 Å². The first-order valence-electron chi connectivity index (χ1n) is 10.3. The van der Waals surface area contributed by atoms with E-state index in [0.29, 0.717) is 5.92 Å². The van der Waals surface area contributed by atoms with Gasteiger partial charge in [-0.25, -0.2) is 0 Å². The van der Waals surface area contributed by atoms with Gasteiger partial charge < -0.3 is 20.0 Å². The lowest BCUT2D eigenvalue weighted by Crippen LogP contribution is -2.50. The van der Waals surface area contributed by atoms with Crippen molar-refractivity contribution in [3.63, 3.8) is 0 Å². The number of rotatable bonds is 6. The van der Waals surface area contributed by atoms with Crippen LogP contribution in [0.25, 0.3) is 0 Å². The van der Waals surface area contributed by atoms with Crippen LogP contribution >= 0.6 is 0 Å². The minimum absolute atomic E-state index is 0.110. The van der Waals surface area contributed by atoms with Crippen LogP contribution in [0.2, 0.25) is 0 Å². The second kappa shape index (κ2) is 11.6. The molecule has 2 saturated heterocycles. The normalized spacial score (nSPS) is 29.3. The van der Waals surface area contributed by atoms with Crippen molar-refractivity contribution in [2.75, 3.05) is 78.5 Å². The fourth-order valence-electron chi connectivity index (χ4n) is 4.26. The number of hydrogen-bond acceptors (Lipinski definition) is 6. The van der Waals surface area contributed by atoms with E-state index in [4.69, 9.17) is 5.11 Å². The molecule has 0 amide bonds. The smallest absolute Gasteiger partial charge is 0.317 e. The maximum absolute atomic E-state index is 11.3. The molecule has 2 N–H and O–H groups in total. The van der Waals surface area contributed by atoms with Crippen LogP contribution in [0, 0.1) is 5.92 Å². The molecule has 8 heteroatoms. The van der Waals surface area contributed by atoms with E-state index >= 15 is 0 Å². The first kappa shape index (κ1) is 22.1. The van der Waals surface area contributed by atoms with E-state index in [0.717, 1.165) is 84.7 Å². The van der Waals surface area contributed by atoms with Crippen LogP contribution in [0.4, 0.5) is 0 Å². The molecule has 156 valence electrons. The Bertz CT molecular complexity index is 477. The molecule has 2 fully saturated rings. The van der Waals surface area contributed by atoms with Gasteiger partial charge >= 0.3 is 11.9 Å². The Morgan fingerprint density at radius 3 is 2.07 bits per heavy atom. The molecule has 0 aliphatic carbocycles. The summed E-state index contributed by atoms with van der Waals surface area (Å²) in [6.07, 6.45) is 3.14. The van der Waals surface area contributed by atoms with E-state index in [1.54, 1.807) is 0 Å². The monoisotopic (exact) mass is 384 g/mol. The van der Waals surface area contributed by atoms with Crippen LogP contribution in [-0.2, 0) is 9.59 Å². The van der Waals surface area contributed by atoms with Gasteiger partial charge in [0.1, 0.15) is 0 Å². The highest BCUT2D eigenvalue weighted by atomic mass is 16.4. The highest BCUT2D eigenvalue weighted by Crippen LogP contribution is 2.14. The first-order chi connectivity index (χ1) is 13.0. The number of nitrogens with zero attached hydrogens (tertiary/aromatic N) is 4. The van der Waals surface area contributed by atoms with Crippen molar-refractivity contribution in [1.29, 1.82) is 0 Å².